The van der Waals surface area contributed by atoms with Crippen LogP contribution in [0.4, 0.5) is 0 Å². The summed E-state index contributed by atoms with van der Waals surface area (Å²) in [4.78, 5) is 38.8. The van der Waals surface area contributed by atoms with Crippen molar-refractivity contribution in [2.24, 2.45) is 0 Å². The molecule has 0 saturated carbocycles. The normalized spacial score (nSPS) is 10.7. The van der Waals surface area contributed by atoms with Crippen LogP contribution in [0.15, 0.2) is 30.5 Å². The van der Waals surface area contributed by atoms with Gasteiger partial charge in [0.15, 0.2) is 0 Å². The number of ether oxygens (including phenoxy) is 1. The van der Waals surface area contributed by atoms with Crippen molar-refractivity contribution in [1.82, 2.24) is 14.8 Å². The predicted molar refractivity (Wildman–Crippen MR) is 99.1 cm³/mol. The van der Waals surface area contributed by atoms with Crippen LogP contribution < -0.4 is 5.32 Å². The number of amides is 2. The lowest BCUT2D eigenvalue weighted by Gasteiger charge is -2.19. The molecule has 7 nitrogen and oxygen atoms in total. The van der Waals surface area contributed by atoms with Crippen molar-refractivity contribution >= 4 is 28.5 Å². The summed E-state index contributed by atoms with van der Waals surface area (Å²) in [6.07, 6.45) is 1.59. The molecule has 0 unspecified atom stereocenters. The number of ketones is 1. The first kappa shape index (κ1) is 19.7. The molecule has 0 radical (unpaired) electrons. The quantitative estimate of drug-likeness (QED) is 0.417. The molecule has 7 heteroatoms. The number of benzene rings is 1. The molecule has 2 aromatic rings. The average Bonchev–Trinajstić information content (AvgIpc) is 3.01. The monoisotopic (exact) mass is 359 g/mol. The van der Waals surface area contributed by atoms with E-state index in [2.05, 4.69) is 5.32 Å². The molecule has 0 aliphatic heterocycles. The predicted octanol–water partition coefficient (Wildman–Crippen LogP) is 1.46. The summed E-state index contributed by atoms with van der Waals surface area (Å²) < 4.78 is 6.59. The Morgan fingerprint density at radius 2 is 1.85 bits per heavy atom. The lowest BCUT2D eigenvalue weighted by Crippen LogP contribution is -2.33. The lowest BCUT2D eigenvalue weighted by atomic mass is 10.1. The lowest BCUT2D eigenvalue weighted by molar-refractivity contribution is -0.131. The second-order valence-electron chi connectivity index (χ2n) is 5.83. The van der Waals surface area contributed by atoms with Crippen molar-refractivity contribution in [2.45, 2.75) is 20.4 Å². The smallest absolute Gasteiger partial charge is 0.292 e. The van der Waals surface area contributed by atoms with E-state index in [1.165, 1.54) is 7.11 Å². The van der Waals surface area contributed by atoms with E-state index in [1.54, 1.807) is 27.8 Å². The van der Waals surface area contributed by atoms with Crippen LogP contribution >= 0.6 is 0 Å². The number of para-hydroxylation sites is 1. The van der Waals surface area contributed by atoms with Crippen LogP contribution in [0, 0.1) is 0 Å². The van der Waals surface area contributed by atoms with Crippen molar-refractivity contribution in [3.8, 4) is 0 Å². The number of likely N-dealkylation sites (N-methyl/N-ethyl adjacent to an activating group) is 1. The minimum atomic E-state index is -0.681. The van der Waals surface area contributed by atoms with Gasteiger partial charge in [-0.1, -0.05) is 18.2 Å². The highest BCUT2D eigenvalue weighted by atomic mass is 16.5. The molecular formula is C19H25N3O4. The van der Waals surface area contributed by atoms with Gasteiger partial charge in [-0.05, 0) is 19.9 Å². The minimum absolute atomic E-state index is 0.0284. The molecule has 0 bridgehead atoms. The zero-order chi connectivity index (χ0) is 19.1. The van der Waals surface area contributed by atoms with Crippen molar-refractivity contribution < 1.29 is 19.1 Å². The van der Waals surface area contributed by atoms with Crippen LogP contribution in [0.2, 0.25) is 0 Å². The molecule has 1 N–H and O–H groups in total. The van der Waals surface area contributed by atoms with Gasteiger partial charge in [-0.3, -0.25) is 14.4 Å². The number of hydrogen-bond acceptors (Lipinski definition) is 4. The van der Waals surface area contributed by atoms with Gasteiger partial charge in [-0.2, -0.15) is 0 Å². The number of methoxy groups -OCH3 is 1. The fourth-order valence-electron chi connectivity index (χ4n) is 2.85. The Bertz CT molecular complexity index is 793. The standard InChI is InChI=1S/C19H25N3O4/c1-4-21(5-2)17(23)13-22-12-15(14-8-6-7-9-16(14)22)18(24)19(25)20-10-11-26-3/h6-9,12H,4-5,10-11,13H2,1-3H3,(H,20,25). The second kappa shape index (κ2) is 9.15. The van der Waals surface area contributed by atoms with Crippen LogP contribution in [-0.2, 0) is 20.9 Å². The largest absolute Gasteiger partial charge is 0.383 e. The SMILES string of the molecule is CCN(CC)C(=O)Cn1cc(C(=O)C(=O)NCCOC)c2ccccc21. The molecule has 0 atom stereocenters. The summed E-state index contributed by atoms with van der Waals surface area (Å²) in [6.45, 7) is 5.83. The number of carbonyl (C=O) groups is 3. The number of nitrogens with zero attached hydrogens (tertiary/aromatic N) is 2. The highest BCUT2D eigenvalue weighted by molar-refractivity contribution is 6.45. The number of Topliss-reactive ketones (excluding diaryl/α,β-unsaturated/α-hetero) is 1. The third kappa shape index (κ3) is 4.29. The van der Waals surface area contributed by atoms with Gasteiger partial charge in [0.2, 0.25) is 5.91 Å². The third-order valence-electron chi connectivity index (χ3n) is 4.25. The summed E-state index contributed by atoms with van der Waals surface area (Å²) in [6, 6.07) is 7.26. The number of fused-ring (bicyclic) bond motifs is 1. The maximum Gasteiger partial charge on any atom is 0.292 e. The van der Waals surface area contributed by atoms with Crippen LogP contribution in [-0.4, -0.2) is 60.4 Å². The Morgan fingerprint density at radius 1 is 1.15 bits per heavy atom. The molecule has 140 valence electrons. The van der Waals surface area contributed by atoms with Gasteiger partial charge < -0.3 is 19.5 Å². The van der Waals surface area contributed by atoms with Gasteiger partial charge in [-0.25, -0.2) is 0 Å². The maximum atomic E-state index is 12.5. The molecule has 0 aliphatic carbocycles. The topological polar surface area (TPSA) is 80.6 Å². The van der Waals surface area contributed by atoms with Gasteiger partial charge in [-0.15, -0.1) is 0 Å². The van der Waals surface area contributed by atoms with E-state index in [0.29, 0.717) is 30.6 Å². The Labute approximate surface area is 152 Å². The third-order valence-corrected chi connectivity index (χ3v) is 4.25. The first-order valence-electron chi connectivity index (χ1n) is 8.70. The molecule has 1 aromatic heterocycles. The summed E-state index contributed by atoms with van der Waals surface area (Å²) >= 11 is 0. The fourth-order valence-corrected chi connectivity index (χ4v) is 2.85. The number of hydrogen-bond donors (Lipinski definition) is 1. The van der Waals surface area contributed by atoms with E-state index < -0.39 is 11.7 Å². The highest BCUT2D eigenvalue weighted by Gasteiger charge is 2.22. The van der Waals surface area contributed by atoms with Crippen molar-refractivity contribution in [3.05, 3.63) is 36.0 Å². The number of aromatic nitrogens is 1. The average molecular weight is 359 g/mol. The molecule has 0 fully saturated rings. The summed E-state index contributed by atoms with van der Waals surface area (Å²) in [5.41, 5.74) is 1.05. The zero-order valence-corrected chi connectivity index (χ0v) is 15.4. The molecule has 26 heavy (non-hydrogen) atoms. The minimum Gasteiger partial charge on any atom is -0.383 e. The molecule has 2 rings (SSSR count). The summed E-state index contributed by atoms with van der Waals surface area (Å²) in [5, 5.41) is 3.19. The second-order valence-corrected chi connectivity index (χ2v) is 5.83. The molecule has 1 aromatic carbocycles. The highest BCUT2D eigenvalue weighted by Crippen LogP contribution is 2.22. The van der Waals surface area contributed by atoms with Gasteiger partial charge in [0.05, 0.1) is 12.2 Å². The van der Waals surface area contributed by atoms with Gasteiger partial charge in [0.1, 0.15) is 6.54 Å². The van der Waals surface area contributed by atoms with Crippen molar-refractivity contribution in [1.29, 1.82) is 0 Å². The summed E-state index contributed by atoms with van der Waals surface area (Å²) in [5.74, 6) is -1.33. The Kier molecular flexibility index (Phi) is 6.91. The summed E-state index contributed by atoms with van der Waals surface area (Å²) in [7, 11) is 1.52. The van der Waals surface area contributed by atoms with Crippen LogP contribution in [0.3, 0.4) is 0 Å². The van der Waals surface area contributed by atoms with Gasteiger partial charge in [0.25, 0.3) is 11.7 Å². The van der Waals surface area contributed by atoms with Gasteiger partial charge in [0, 0.05) is 43.8 Å². The van der Waals surface area contributed by atoms with Crippen LogP contribution in [0.25, 0.3) is 10.9 Å². The first-order valence-corrected chi connectivity index (χ1v) is 8.70. The molecule has 0 aliphatic rings. The Hall–Kier alpha value is -2.67. The Balaban J connectivity index is 2.30. The first-order chi connectivity index (χ1) is 12.5. The Morgan fingerprint density at radius 3 is 2.50 bits per heavy atom. The number of rotatable bonds is 9. The van der Waals surface area contributed by atoms with E-state index in [9.17, 15) is 14.4 Å². The van der Waals surface area contributed by atoms with Gasteiger partial charge >= 0.3 is 0 Å². The molecule has 1 heterocycles. The molecule has 0 spiro atoms. The number of nitrogens with one attached hydrogen (secondary N) is 1. The van der Waals surface area contributed by atoms with Crippen LogP contribution in [0.5, 0.6) is 0 Å². The zero-order valence-electron chi connectivity index (χ0n) is 15.4. The van der Waals surface area contributed by atoms with Crippen molar-refractivity contribution in [3.63, 3.8) is 0 Å². The fraction of sp³-hybridized carbons (Fsp3) is 0.421. The van der Waals surface area contributed by atoms with E-state index in [1.807, 2.05) is 26.0 Å². The van der Waals surface area contributed by atoms with E-state index in [4.69, 9.17) is 4.74 Å². The van der Waals surface area contributed by atoms with E-state index in [0.717, 1.165) is 5.52 Å². The maximum absolute atomic E-state index is 12.5. The van der Waals surface area contributed by atoms with Crippen molar-refractivity contribution in [2.75, 3.05) is 33.4 Å². The number of carbonyl (C=O) groups excluding carboxylic acids is 3. The molecule has 0 saturated heterocycles. The molecule has 2 amide bonds. The molecular weight excluding hydrogens is 334 g/mol. The van der Waals surface area contributed by atoms with Crippen LogP contribution in [0.1, 0.15) is 24.2 Å². The van der Waals surface area contributed by atoms with E-state index in [-0.39, 0.29) is 19.0 Å². The van der Waals surface area contributed by atoms with E-state index >= 15 is 0 Å².